The Morgan fingerprint density at radius 1 is 0.889 bits per heavy atom. The molecule has 1 aliphatic heterocycles. The van der Waals surface area contributed by atoms with Crippen molar-refractivity contribution >= 4 is 11.9 Å². The Labute approximate surface area is 271 Å². The Hall–Kier alpha value is -1.92. The topological polar surface area (TPSA) is 91.6 Å². The van der Waals surface area contributed by atoms with Crippen LogP contribution >= 0.6 is 0 Å². The fourth-order valence-electron chi connectivity index (χ4n) is 13.9. The van der Waals surface area contributed by atoms with Gasteiger partial charge in [0.25, 0.3) is 0 Å². The predicted molar refractivity (Wildman–Crippen MR) is 179 cm³/mol. The van der Waals surface area contributed by atoms with Gasteiger partial charge < -0.3 is 20.6 Å². The van der Waals surface area contributed by atoms with Gasteiger partial charge >= 0.3 is 5.97 Å². The average Bonchev–Trinajstić information content (AvgIpc) is 3.44. The molecule has 5 aliphatic carbocycles. The van der Waals surface area contributed by atoms with Crippen molar-refractivity contribution in [1.29, 1.82) is 0 Å². The van der Waals surface area contributed by atoms with E-state index < -0.39 is 5.97 Å². The highest BCUT2D eigenvalue weighted by Gasteiger charge is 2.82. The number of likely N-dealkylation sites (N-methyl/N-ethyl adjacent to an activating group) is 1. The first-order chi connectivity index (χ1) is 21.1. The molecule has 1 aromatic carbocycles. The molecular formula is C39H59N3O3. The van der Waals surface area contributed by atoms with Gasteiger partial charge in [-0.3, -0.25) is 4.79 Å². The van der Waals surface area contributed by atoms with Crippen molar-refractivity contribution in [2.24, 2.45) is 45.8 Å². The van der Waals surface area contributed by atoms with Crippen molar-refractivity contribution in [1.82, 2.24) is 15.5 Å². The summed E-state index contributed by atoms with van der Waals surface area (Å²) in [6.45, 7) is 15.9. The second-order valence-electron chi connectivity index (χ2n) is 18.2. The second kappa shape index (κ2) is 10.0. The zero-order valence-corrected chi connectivity index (χ0v) is 29.3. The Bertz CT molecular complexity index is 1380. The minimum atomic E-state index is -0.853. The van der Waals surface area contributed by atoms with Crippen LogP contribution in [0.25, 0.3) is 0 Å². The highest BCUT2D eigenvalue weighted by atomic mass is 16.4. The summed E-state index contributed by atoms with van der Waals surface area (Å²) < 4.78 is 0. The zero-order chi connectivity index (χ0) is 32.4. The van der Waals surface area contributed by atoms with E-state index in [-0.39, 0.29) is 38.8 Å². The predicted octanol–water partition coefficient (Wildman–Crippen LogP) is 7.09. The van der Waals surface area contributed by atoms with Crippen molar-refractivity contribution in [2.45, 2.75) is 128 Å². The number of hydrogen-bond donors (Lipinski definition) is 3. The van der Waals surface area contributed by atoms with Gasteiger partial charge in [-0.05, 0) is 149 Å². The Morgan fingerprint density at radius 2 is 1.58 bits per heavy atom. The van der Waals surface area contributed by atoms with Crippen LogP contribution in [0, 0.1) is 45.8 Å². The lowest BCUT2D eigenvalue weighted by molar-refractivity contribution is -0.214. The van der Waals surface area contributed by atoms with Gasteiger partial charge in [-0.1, -0.05) is 46.8 Å². The average molecular weight is 618 g/mol. The number of carbonyl (C=O) groups excluding carboxylic acids is 1. The molecule has 1 amide bonds. The van der Waals surface area contributed by atoms with Crippen LogP contribution in [0.1, 0.15) is 128 Å². The van der Waals surface area contributed by atoms with E-state index in [0.29, 0.717) is 47.6 Å². The number of carboxylic acids is 1. The molecule has 5 saturated carbocycles. The van der Waals surface area contributed by atoms with E-state index in [1.54, 1.807) is 12.1 Å². The Balaban J connectivity index is 1.20. The molecule has 3 N–H and O–H groups in total. The molecule has 1 unspecified atom stereocenters. The Kier molecular flexibility index (Phi) is 7.07. The fourth-order valence-corrected chi connectivity index (χ4v) is 13.9. The van der Waals surface area contributed by atoms with Crippen molar-refractivity contribution in [3.05, 3.63) is 35.4 Å². The van der Waals surface area contributed by atoms with Crippen LogP contribution in [0.4, 0.5) is 0 Å². The van der Waals surface area contributed by atoms with E-state index in [1.807, 2.05) is 19.0 Å². The maximum Gasteiger partial charge on any atom is 0.335 e. The molecule has 6 nitrogen and oxygen atoms in total. The monoisotopic (exact) mass is 617 g/mol. The number of carbonyl (C=O) groups is 2. The molecule has 7 rings (SSSR count). The van der Waals surface area contributed by atoms with Crippen molar-refractivity contribution in [3.63, 3.8) is 0 Å². The highest BCUT2D eigenvalue weighted by molar-refractivity contribution is 5.87. The van der Waals surface area contributed by atoms with Crippen LogP contribution in [-0.2, 0) is 4.79 Å². The van der Waals surface area contributed by atoms with Gasteiger partial charge in [0.1, 0.15) is 0 Å². The maximum absolute atomic E-state index is 13.3. The molecule has 1 spiro atoms. The molecule has 1 aromatic rings. The molecule has 6 heteroatoms. The maximum atomic E-state index is 13.3. The van der Waals surface area contributed by atoms with E-state index in [9.17, 15) is 14.7 Å². The number of amides is 1. The number of nitrogens with zero attached hydrogens (tertiary/aromatic N) is 1. The summed E-state index contributed by atoms with van der Waals surface area (Å²) in [6.07, 6.45) is 12.2. The smallest absolute Gasteiger partial charge is 0.335 e. The van der Waals surface area contributed by atoms with Crippen LogP contribution < -0.4 is 10.6 Å². The number of aromatic carboxylic acids is 1. The minimum Gasteiger partial charge on any atom is -0.478 e. The van der Waals surface area contributed by atoms with Crippen molar-refractivity contribution < 1.29 is 14.7 Å². The van der Waals surface area contributed by atoms with Crippen LogP contribution in [0.5, 0.6) is 0 Å². The molecule has 248 valence electrons. The van der Waals surface area contributed by atoms with E-state index in [2.05, 4.69) is 64.3 Å². The summed E-state index contributed by atoms with van der Waals surface area (Å²) in [5.74, 6) is 2.98. The fraction of sp³-hybridized carbons (Fsp3) is 0.795. The molecule has 6 fully saturated rings. The third kappa shape index (κ3) is 4.06. The third-order valence-corrected chi connectivity index (χ3v) is 16.2. The van der Waals surface area contributed by atoms with Gasteiger partial charge in [-0.2, -0.15) is 0 Å². The van der Waals surface area contributed by atoms with Gasteiger partial charge in [0.05, 0.1) is 12.1 Å². The lowest BCUT2D eigenvalue weighted by Gasteiger charge is -2.72. The van der Waals surface area contributed by atoms with E-state index in [4.69, 9.17) is 0 Å². The lowest BCUT2D eigenvalue weighted by atomic mass is 9.33. The molecule has 6 aliphatic rings. The van der Waals surface area contributed by atoms with E-state index >= 15 is 0 Å². The molecule has 1 saturated heterocycles. The number of hydrogen-bond acceptors (Lipinski definition) is 4. The van der Waals surface area contributed by atoms with Crippen LogP contribution in [-0.4, -0.2) is 59.1 Å². The zero-order valence-electron chi connectivity index (χ0n) is 29.3. The summed E-state index contributed by atoms with van der Waals surface area (Å²) in [6, 6.07) is 7.74. The van der Waals surface area contributed by atoms with Gasteiger partial charge in [-0.15, -0.1) is 0 Å². The quantitative estimate of drug-likeness (QED) is 0.297. The van der Waals surface area contributed by atoms with Crippen molar-refractivity contribution in [3.8, 4) is 0 Å². The van der Waals surface area contributed by atoms with Gasteiger partial charge in [0.15, 0.2) is 0 Å². The molecule has 1 heterocycles. The largest absolute Gasteiger partial charge is 0.478 e. The summed E-state index contributed by atoms with van der Waals surface area (Å²) in [4.78, 5) is 26.9. The molecule has 45 heavy (non-hydrogen) atoms. The number of fused-ring (bicyclic) bond motifs is 6. The van der Waals surface area contributed by atoms with Gasteiger partial charge in [-0.25, -0.2) is 4.79 Å². The second-order valence-corrected chi connectivity index (χ2v) is 18.2. The number of rotatable bonds is 6. The first kappa shape index (κ1) is 31.7. The molecule has 0 aromatic heterocycles. The highest BCUT2D eigenvalue weighted by Crippen LogP contribution is 2.80. The molecule has 11 atom stereocenters. The van der Waals surface area contributed by atoms with Gasteiger partial charge in [0.2, 0.25) is 5.91 Å². The van der Waals surface area contributed by atoms with Crippen LogP contribution in [0.3, 0.4) is 0 Å². The SMILES string of the molecule is CC(C)[C@@H]1CC[C@]2(NC(=O)CN(C)C)CC[C@]3(C)[C@H](CC[C@H]4[C@@]3(C)CC[C@@]35NC3(C)[C@H](c3ccc(C(=O)O)cc3)CC[C@]45C)[C@@H]12. The first-order valence-corrected chi connectivity index (χ1v) is 18.2. The van der Waals surface area contributed by atoms with Crippen LogP contribution in [0.15, 0.2) is 24.3 Å². The van der Waals surface area contributed by atoms with Gasteiger partial charge in [0, 0.05) is 22.5 Å². The number of carboxylic acid groups (broad SMARTS) is 1. The first-order valence-electron chi connectivity index (χ1n) is 18.2. The van der Waals surface area contributed by atoms with Crippen molar-refractivity contribution in [2.75, 3.05) is 20.6 Å². The Morgan fingerprint density at radius 3 is 2.22 bits per heavy atom. The summed E-state index contributed by atoms with van der Waals surface area (Å²) >= 11 is 0. The van der Waals surface area contributed by atoms with E-state index in [1.165, 1.54) is 50.5 Å². The lowest BCUT2D eigenvalue weighted by Crippen LogP contribution is -2.70. The normalized spacial score (nSPS) is 48.1. The molecular weight excluding hydrogens is 558 g/mol. The summed E-state index contributed by atoms with van der Waals surface area (Å²) in [7, 11) is 4.00. The minimum absolute atomic E-state index is 0.0416. The molecule has 0 radical (unpaired) electrons. The summed E-state index contributed by atoms with van der Waals surface area (Å²) in [5.41, 5.74) is 2.61. The molecule has 0 bridgehead atoms. The number of nitrogens with one attached hydrogen (secondary N) is 2. The third-order valence-electron chi connectivity index (χ3n) is 16.2. The standard InChI is InChI=1S/C39H59N3O3/c1-24(2)27-15-18-38(40-31(43)23-42(7)8)21-19-34(3)29(32(27)38)13-14-30-35(34,4)20-22-39-36(30,5)17-16-28(37(39,6)41-39)25-9-11-26(12-10-25)33(44)45/h9-12,24,27-30,32,41H,13-23H2,1-8H3,(H,40,43)(H,44,45)/t27-,28-,29+,30-,32+,34+,35+,36+,37?,38-,39-/m0/s1. The summed E-state index contributed by atoms with van der Waals surface area (Å²) in [5, 5.41) is 17.4. The number of benzene rings is 1. The van der Waals surface area contributed by atoms with E-state index in [0.717, 1.165) is 19.3 Å². The van der Waals surface area contributed by atoms with Crippen LogP contribution in [0.2, 0.25) is 0 Å².